The van der Waals surface area contributed by atoms with Gasteiger partial charge in [0.15, 0.2) is 31.2 Å². The van der Waals surface area contributed by atoms with Gasteiger partial charge in [-0.25, -0.2) is 36.8 Å². The number of rotatable bonds is 10. The molecule has 0 aliphatic rings. The Kier molecular flexibility index (Phi) is 14.0. The minimum atomic E-state index is -3.38. The molecule has 0 saturated heterocycles. The summed E-state index contributed by atoms with van der Waals surface area (Å²) in [5.41, 5.74) is 8.42. The summed E-state index contributed by atoms with van der Waals surface area (Å²) >= 11 is 5.53. The van der Waals surface area contributed by atoms with Gasteiger partial charge in [0.1, 0.15) is 0 Å². The van der Waals surface area contributed by atoms with E-state index in [9.17, 15) is 26.4 Å². The number of nitrogens with two attached hydrogens (primary N) is 1. The van der Waals surface area contributed by atoms with Gasteiger partial charge in [0, 0.05) is 86.3 Å². The Balaban J connectivity index is 0.000000202. The summed E-state index contributed by atoms with van der Waals surface area (Å²) in [4.78, 5) is 48.4. The Morgan fingerprint density at radius 2 is 1.08 bits per heavy atom. The summed E-state index contributed by atoms with van der Waals surface area (Å²) in [7, 11) is -6.73. The van der Waals surface area contributed by atoms with Gasteiger partial charge in [-0.15, -0.1) is 0 Å². The largest absolute Gasteiger partial charge is 0.350 e. The number of ketones is 2. The smallest absolute Gasteiger partial charge is 0.222 e. The zero-order chi connectivity index (χ0) is 38.4. The van der Waals surface area contributed by atoms with E-state index in [0.717, 1.165) is 23.6 Å². The van der Waals surface area contributed by atoms with E-state index in [1.54, 1.807) is 30.9 Å². The molecule has 6 aromatic rings. The van der Waals surface area contributed by atoms with E-state index in [0.29, 0.717) is 19.0 Å². The molecule has 272 valence electrons. The lowest BCUT2D eigenvalue weighted by molar-refractivity contribution is 0.103. The number of hydrogen-bond acceptors (Lipinski definition) is 14. The molecule has 0 aliphatic carbocycles. The van der Waals surface area contributed by atoms with Crippen LogP contribution in [0.5, 0.6) is 0 Å². The molecule has 14 nitrogen and oxygen atoms in total. The summed E-state index contributed by atoms with van der Waals surface area (Å²) < 4.78 is 46.1. The molecular formula is C36H33ClN8O6S2. The number of carbonyl (C=O) groups excluding carboxylic acids is 2. The van der Waals surface area contributed by atoms with Gasteiger partial charge in [0.05, 0.1) is 20.9 Å². The van der Waals surface area contributed by atoms with Crippen LogP contribution in [0.4, 0.5) is 5.95 Å². The second kappa shape index (κ2) is 18.6. The molecule has 0 radical (unpaired) electrons. The highest BCUT2D eigenvalue weighted by Crippen LogP contribution is 2.16. The van der Waals surface area contributed by atoms with E-state index in [4.69, 9.17) is 17.3 Å². The van der Waals surface area contributed by atoms with Gasteiger partial charge in [0.25, 0.3) is 0 Å². The van der Waals surface area contributed by atoms with Crippen LogP contribution < -0.4 is 11.1 Å². The molecule has 0 unspecified atom stereocenters. The van der Waals surface area contributed by atoms with E-state index >= 15 is 0 Å². The summed E-state index contributed by atoms with van der Waals surface area (Å²) in [5, 5.41) is 3.09. The van der Waals surface area contributed by atoms with E-state index in [1.165, 1.54) is 67.3 Å². The highest BCUT2D eigenvalue weighted by molar-refractivity contribution is 7.91. The number of carbonyl (C=O) groups is 2. The third-order valence-corrected chi connectivity index (χ3v) is 9.39. The number of nitrogens with zero attached hydrogens (tertiary/aromatic N) is 6. The third kappa shape index (κ3) is 12.4. The van der Waals surface area contributed by atoms with Crippen LogP contribution in [0.3, 0.4) is 0 Å². The lowest BCUT2D eigenvalue weighted by Crippen LogP contribution is -2.08. The quantitative estimate of drug-likeness (QED) is 0.146. The van der Waals surface area contributed by atoms with Crippen molar-refractivity contribution >= 4 is 48.8 Å². The van der Waals surface area contributed by atoms with Crippen molar-refractivity contribution < 1.29 is 26.4 Å². The number of aromatic nitrogens is 6. The summed E-state index contributed by atoms with van der Waals surface area (Å²) in [6, 6.07) is 19.3. The number of nitrogens with one attached hydrogen (secondary N) is 1. The third-order valence-electron chi connectivity index (χ3n) is 6.98. The molecule has 17 heteroatoms. The average molecular weight is 773 g/mol. The number of pyridine rings is 2. The zero-order valence-electron chi connectivity index (χ0n) is 28.4. The minimum absolute atomic E-state index is 0.0430. The number of sulfone groups is 2. The Morgan fingerprint density at radius 3 is 1.47 bits per heavy atom. The van der Waals surface area contributed by atoms with Crippen molar-refractivity contribution in [3.63, 3.8) is 0 Å². The molecule has 2 aromatic carbocycles. The van der Waals surface area contributed by atoms with E-state index in [-0.39, 0.29) is 48.9 Å². The predicted octanol–water partition coefficient (Wildman–Crippen LogP) is 4.42. The van der Waals surface area contributed by atoms with E-state index < -0.39 is 19.7 Å². The van der Waals surface area contributed by atoms with Crippen molar-refractivity contribution in [2.45, 2.75) is 22.9 Å². The maximum Gasteiger partial charge on any atom is 0.222 e. The maximum atomic E-state index is 12.5. The number of benzene rings is 2. The summed E-state index contributed by atoms with van der Waals surface area (Å²) in [5.74, 6) is -0.313. The molecule has 53 heavy (non-hydrogen) atoms. The Hall–Kier alpha value is -5.81. The normalized spacial score (nSPS) is 10.9. The highest BCUT2D eigenvalue weighted by atomic mass is 35.5. The summed E-state index contributed by atoms with van der Waals surface area (Å²) in [6.45, 7) is 1.09. The molecule has 3 N–H and O–H groups in total. The van der Waals surface area contributed by atoms with Gasteiger partial charge in [-0.3, -0.25) is 19.6 Å². The number of hydrogen-bond donors (Lipinski definition) is 2. The average Bonchev–Trinajstić information content (AvgIpc) is 3.18. The van der Waals surface area contributed by atoms with Crippen LogP contribution in [0.2, 0.25) is 5.28 Å². The van der Waals surface area contributed by atoms with Crippen LogP contribution in [-0.2, 0) is 32.8 Å². The highest BCUT2D eigenvalue weighted by Gasteiger charge is 2.15. The molecule has 0 spiro atoms. The number of halogens is 1. The van der Waals surface area contributed by atoms with Crippen molar-refractivity contribution in [3.8, 4) is 0 Å². The van der Waals surface area contributed by atoms with Crippen molar-refractivity contribution in [1.82, 2.24) is 29.9 Å². The molecule has 0 amide bonds. The second-order valence-electron chi connectivity index (χ2n) is 11.1. The van der Waals surface area contributed by atoms with Crippen LogP contribution in [-0.4, -0.2) is 70.8 Å². The fourth-order valence-electron chi connectivity index (χ4n) is 4.24. The van der Waals surface area contributed by atoms with Crippen LogP contribution in [0, 0.1) is 0 Å². The predicted molar refractivity (Wildman–Crippen MR) is 199 cm³/mol. The van der Waals surface area contributed by atoms with Gasteiger partial charge in [-0.2, -0.15) is 0 Å². The van der Waals surface area contributed by atoms with Crippen LogP contribution in [0.1, 0.15) is 43.0 Å². The topological polar surface area (TPSA) is 218 Å². The molecule has 0 atom stereocenters. The molecule has 0 aliphatic heterocycles. The van der Waals surface area contributed by atoms with Crippen LogP contribution >= 0.6 is 11.6 Å². The first-order valence-electron chi connectivity index (χ1n) is 15.5. The SMILES string of the molecule is CS(=O)(=O)c1cccc(C(=O)c2cnc(Cl)nc2)c1.CS(=O)(=O)c1cccc(C(=O)c2cnc(NCc3cccnc3)nc2)c1.NCc1cccnc1. The van der Waals surface area contributed by atoms with E-state index in [1.807, 2.05) is 24.3 Å². The zero-order valence-corrected chi connectivity index (χ0v) is 30.8. The lowest BCUT2D eigenvalue weighted by atomic mass is 10.1. The second-order valence-corrected chi connectivity index (χ2v) is 15.4. The first-order chi connectivity index (χ1) is 25.2. The molecule has 0 bridgehead atoms. The minimum Gasteiger partial charge on any atom is -0.350 e. The molecule has 4 heterocycles. The molecule has 0 fully saturated rings. The fraction of sp³-hybridized carbons (Fsp3) is 0.111. The first-order valence-corrected chi connectivity index (χ1v) is 19.6. The molecule has 0 saturated carbocycles. The summed E-state index contributed by atoms with van der Waals surface area (Å²) in [6.07, 6.45) is 14.5. The van der Waals surface area contributed by atoms with Crippen molar-refractivity contribution in [2.75, 3.05) is 17.8 Å². The van der Waals surface area contributed by atoms with E-state index in [2.05, 4.69) is 35.2 Å². The van der Waals surface area contributed by atoms with Gasteiger partial charge in [0.2, 0.25) is 11.2 Å². The van der Waals surface area contributed by atoms with Gasteiger partial charge in [-0.05, 0) is 59.1 Å². The van der Waals surface area contributed by atoms with Gasteiger partial charge < -0.3 is 11.1 Å². The maximum absolute atomic E-state index is 12.5. The Morgan fingerprint density at radius 1 is 0.623 bits per heavy atom. The lowest BCUT2D eigenvalue weighted by Gasteiger charge is -2.06. The fourth-order valence-corrected chi connectivity index (χ4v) is 5.67. The molecule has 4 aromatic heterocycles. The Labute approximate surface area is 311 Å². The van der Waals surface area contributed by atoms with Gasteiger partial charge in [-0.1, -0.05) is 36.4 Å². The molecule has 6 rings (SSSR count). The number of anilines is 1. The van der Waals surface area contributed by atoms with Crippen LogP contribution in [0.15, 0.2) is 132 Å². The van der Waals surface area contributed by atoms with Gasteiger partial charge >= 0.3 is 0 Å². The van der Waals surface area contributed by atoms with Crippen molar-refractivity contribution in [3.05, 3.63) is 161 Å². The standard InChI is InChI=1S/C18H16N4O3S.C12H9ClN2O3S.C6H8N2/c1-26(24,25)16-6-2-5-14(8-16)17(23)15-11-21-18(22-12-15)20-10-13-4-3-7-19-9-13;1-19(17,18)10-4-2-3-8(5-10)11(16)9-6-14-12(13)15-7-9;7-4-6-2-1-3-8-5-6/h2-9,11-12H,10H2,1H3,(H,20,21,22);2-7H,1H3;1-3,5H,4,7H2. The van der Waals surface area contributed by atoms with Crippen LogP contribution in [0.25, 0.3) is 0 Å². The molecular weight excluding hydrogens is 740 g/mol. The van der Waals surface area contributed by atoms with Crippen molar-refractivity contribution in [2.24, 2.45) is 5.73 Å². The monoisotopic (exact) mass is 772 g/mol. The Bertz CT molecular complexity index is 2370. The van der Waals surface area contributed by atoms with Crippen molar-refractivity contribution in [1.29, 1.82) is 0 Å². The first kappa shape index (κ1) is 40.0.